The molecule has 0 radical (unpaired) electrons. The fourth-order valence-corrected chi connectivity index (χ4v) is 4.17. The van der Waals surface area contributed by atoms with Gasteiger partial charge in [0.1, 0.15) is 18.7 Å². The smallest absolute Gasteiger partial charge is 0.408 e. The SMILES string of the molecule is CC(C)CC(NC(=O)OCc1ccccc1)C(=O)N[C@@H](CC(C)C)C(=O)NC(CCC(F)(F)F)c1ccccc1. The van der Waals surface area contributed by atoms with Gasteiger partial charge in [0.15, 0.2) is 0 Å². The number of benzene rings is 2. The molecule has 0 bridgehead atoms. The standard InChI is InChI=1S/C30H40F3N3O4/c1-20(2)17-25(27(37)34-24(15-16-30(31,32)33)23-13-9-6-10-14-23)35-28(38)26(18-21(3)4)36-29(39)40-19-22-11-7-5-8-12-22/h5-14,20-21,24-26H,15-19H2,1-4H3,(H,34,37)(H,35,38)(H,36,39)/t24?,25-,26?/m0/s1. The molecule has 2 aromatic carbocycles. The molecule has 0 saturated heterocycles. The molecule has 0 aliphatic rings. The molecule has 0 fully saturated rings. The Morgan fingerprint density at radius 2 is 1.25 bits per heavy atom. The van der Waals surface area contributed by atoms with Gasteiger partial charge < -0.3 is 20.7 Å². The van der Waals surface area contributed by atoms with Crippen LogP contribution in [-0.2, 0) is 20.9 Å². The second-order valence-corrected chi connectivity index (χ2v) is 10.7. The van der Waals surface area contributed by atoms with Crippen LogP contribution in [-0.4, -0.2) is 36.2 Å². The predicted molar refractivity (Wildman–Crippen MR) is 147 cm³/mol. The molecular formula is C30H40F3N3O4. The van der Waals surface area contributed by atoms with Crippen LogP contribution in [0.3, 0.4) is 0 Å². The molecule has 40 heavy (non-hydrogen) atoms. The molecule has 2 aromatic rings. The number of amides is 3. The molecule has 0 saturated carbocycles. The topological polar surface area (TPSA) is 96.5 Å². The third kappa shape index (κ3) is 12.5. The van der Waals surface area contributed by atoms with Gasteiger partial charge in [0.2, 0.25) is 11.8 Å². The van der Waals surface area contributed by atoms with Gasteiger partial charge in [0.25, 0.3) is 0 Å². The molecular weight excluding hydrogens is 523 g/mol. The number of hydrogen-bond acceptors (Lipinski definition) is 4. The average molecular weight is 564 g/mol. The first-order chi connectivity index (χ1) is 18.8. The number of alkyl carbamates (subject to hydrolysis) is 1. The van der Waals surface area contributed by atoms with Crippen molar-refractivity contribution in [3.63, 3.8) is 0 Å². The van der Waals surface area contributed by atoms with Gasteiger partial charge >= 0.3 is 12.3 Å². The maximum atomic E-state index is 13.3. The maximum absolute atomic E-state index is 13.3. The average Bonchev–Trinajstić information content (AvgIpc) is 2.89. The molecule has 3 amide bonds. The highest BCUT2D eigenvalue weighted by molar-refractivity contribution is 5.91. The van der Waals surface area contributed by atoms with Gasteiger partial charge in [-0.05, 0) is 42.2 Å². The van der Waals surface area contributed by atoms with E-state index in [1.165, 1.54) is 0 Å². The van der Waals surface area contributed by atoms with Gasteiger partial charge in [-0.15, -0.1) is 0 Å². The molecule has 3 N–H and O–H groups in total. The molecule has 0 aromatic heterocycles. The second kappa shape index (κ2) is 15.9. The third-order valence-corrected chi connectivity index (χ3v) is 6.10. The van der Waals surface area contributed by atoms with Crippen molar-refractivity contribution in [3.8, 4) is 0 Å². The van der Waals surface area contributed by atoms with Crippen LogP contribution in [0.25, 0.3) is 0 Å². The number of ether oxygens (including phenoxy) is 1. The van der Waals surface area contributed by atoms with Crippen molar-refractivity contribution in [3.05, 3.63) is 71.8 Å². The highest BCUT2D eigenvalue weighted by Crippen LogP contribution is 2.28. The fraction of sp³-hybridized carbons (Fsp3) is 0.500. The summed E-state index contributed by atoms with van der Waals surface area (Å²) in [4.78, 5) is 39.1. The van der Waals surface area contributed by atoms with Crippen LogP contribution in [0.5, 0.6) is 0 Å². The first kappa shape index (κ1) is 32.7. The third-order valence-electron chi connectivity index (χ3n) is 6.10. The van der Waals surface area contributed by atoms with E-state index in [2.05, 4.69) is 16.0 Å². The van der Waals surface area contributed by atoms with E-state index in [1.807, 2.05) is 45.9 Å². The molecule has 220 valence electrons. The monoisotopic (exact) mass is 563 g/mol. The van der Waals surface area contributed by atoms with E-state index in [4.69, 9.17) is 4.74 Å². The Labute approximate surface area is 234 Å². The Bertz CT molecular complexity index is 1060. The van der Waals surface area contributed by atoms with Crippen molar-refractivity contribution in [1.29, 1.82) is 0 Å². The molecule has 7 nitrogen and oxygen atoms in total. The lowest BCUT2D eigenvalue weighted by Crippen LogP contribution is -2.54. The molecule has 2 unspecified atom stereocenters. The molecule has 3 atom stereocenters. The minimum Gasteiger partial charge on any atom is -0.445 e. The summed E-state index contributed by atoms with van der Waals surface area (Å²) in [6, 6.07) is 14.6. The van der Waals surface area contributed by atoms with Crippen molar-refractivity contribution < 1.29 is 32.3 Å². The Balaban J connectivity index is 2.13. The molecule has 10 heteroatoms. The number of hydrogen-bond donors (Lipinski definition) is 3. The normalized spacial score (nSPS) is 13.8. The van der Waals surface area contributed by atoms with Gasteiger partial charge in [-0.25, -0.2) is 4.79 Å². The highest BCUT2D eigenvalue weighted by atomic mass is 19.4. The Morgan fingerprint density at radius 3 is 1.77 bits per heavy atom. The highest BCUT2D eigenvalue weighted by Gasteiger charge is 2.32. The van der Waals surface area contributed by atoms with Crippen LogP contribution in [0.4, 0.5) is 18.0 Å². The van der Waals surface area contributed by atoms with Gasteiger partial charge in [0.05, 0.1) is 6.04 Å². The quantitative estimate of drug-likeness (QED) is 0.260. The lowest BCUT2D eigenvalue weighted by atomic mass is 9.98. The number of halogens is 3. The number of carbonyl (C=O) groups excluding carboxylic acids is 3. The largest absolute Gasteiger partial charge is 0.445 e. The summed E-state index contributed by atoms with van der Waals surface area (Å²) in [5.41, 5.74) is 1.32. The molecule has 0 heterocycles. The minimum absolute atomic E-state index is 0.00579. The van der Waals surface area contributed by atoms with Gasteiger partial charge in [0, 0.05) is 6.42 Å². The Kier molecular flexibility index (Phi) is 13.0. The van der Waals surface area contributed by atoms with Crippen molar-refractivity contribution in [2.24, 2.45) is 11.8 Å². The van der Waals surface area contributed by atoms with Gasteiger partial charge in [-0.2, -0.15) is 13.2 Å². The zero-order valence-corrected chi connectivity index (χ0v) is 23.5. The van der Waals surface area contributed by atoms with E-state index < -0.39 is 48.6 Å². The first-order valence-corrected chi connectivity index (χ1v) is 13.5. The van der Waals surface area contributed by atoms with Gasteiger partial charge in [-0.1, -0.05) is 88.4 Å². The second-order valence-electron chi connectivity index (χ2n) is 10.7. The van der Waals surface area contributed by atoms with Crippen molar-refractivity contribution in [1.82, 2.24) is 16.0 Å². The molecule has 0 aliphatic heterocycles. The summed E-state index contributed by atoms with van der Waals surface area (Å²) in [6.07, 6.45) is -6.02. The van der Waals surface area contributed by atoms with E-state index in [0.29, 0.717) is 12.0 Å². The zero-order valence-electron chi connectivity index (χ0n) is 23.5. The first-order valence-electron chi connectivity index (χ1n) is 13.5. The summed E-state index contributed by atoms with van der Waals surface area (Å²) in [6.45, 7) is 7.55. The van der Waals surface area contributed by atoms with Crippen LogP contribution in [0, 0.1) is 11.8 Å². The number of nitrogens with one attached hydrogen (secondary N) is 3. The van der Waals surface area contributed by atoms with Crippen molar-refractivity contribution >= 4 is 17.9 Å². The van der Waals surface area contributed by atoms with Crippen LogP contribution in [0.2, 0.25) is 0 Å². The predicted octanol–water partition coefficient (Wildman–Crippen LogP) is 6.06. The van der Waals surface area contributed by atoms with E-state index in [1.54, 1.807) is 42.5 Å². The zero-order chi connectivity index (χ0) is 29.7. The summed E-state index contributed by atoms with van der Waals surface area (Å²) < 4.78 is 44.3. The lowest BCUT2D eigenvalue weighted by molar-refractivity contribution is -0.138. The number of carbonyl (C=O) groups is 3. The van der Waals surface area contributed by atoms with Crippen molar-refractivity contribution in [2.75, 3.05) is 0 Å². The van der Waals surface area contributed by atoms with Crippen LogP contribution in [0.1, 0.15) is 70.5 Å². The van der Waals surface area contributed by atoms with E-state index in [-0.39, 0.29) is 31.3 Å². The van der Waals surface area contributed by atoms with Crippen LogP contribution < -0.4 is 16.0 Å². The Morgan fingerprint density at radius 1 is 0.750 bits per heavy atom. The fourth-order valence-electron chi connectivity index (χ4n) is 4.17. The number of alkyl halides is 3. The van der Waals surface area contributed by atoms with Crippen molar-refractivity contribution in [2.45, 2.75) is 84.3 Å². The van der Waals surface area contributed by atoms with Crippen LogP contribution in [0.15, 0.2) is 60.7 Å². The van der Waals surface area contributed by atoms with E-state index >= 15 is 0 Å². The molecule has 0 spiro atoms. The summed E-state index contributed by atoms with van der Waals surface area (Å²) in [5.74, 6) is -1.13. The van der Waals surface area contributed by atoms with Crippen LogP contribution >= 0.6 is 0 Å². The molecule has 2 rings (SSSR count). The lowest BCUT2D eigenvalue weighted by Gasteiger charge is -2.27. The Hall–Kier alpha value is -3.56. The van der Waals surface area contributed by atoms with E-state index in [0.717, 1.165) is 5.56 Å². The maximum Gasteiger partial charge on any atom is 0.408 e. The summed E-state index contributed by atoms with van der Waals surface area (Å²) in [7, 11) is 0. The number of rotatable bonds is 14. The summed E-state index contributed by atoms with van der Waals surface area (Å²) >= 11 is 0. The van der Waals surface area contributed by atoms with E-state index in [9.17, 15) is 27.6 Å². The van der Waals surface area contributed by atoms with Gasteiger partial charge in [-0.3, -0.25) is 9.59 Å². The molecule has 0 aliphatic carbocycles. The summed E-state index contributed by atoms with van der Waals surface area (Å²) in [5, 5.41) is 8.02. The minimum atomic E-state index is -4.38.